The fourth-order valence-corrected chi connectivity index (χ4v) is 4.55. The summed E-state index contributed by atoms with van der Waals surface area (Å²) in [6.07, 6.45) is 0.109. The summed E-state index contributed by atoms with van der Waals surface area (Å²) < 4.78 is 16.1. The lowest BCUT2D eigenvalue weighted by Gasteiger charge is -2.25. The second kappa shape index (κ2) is 7.91. The van der Waals surface area contributed by atoms with Gasteiger partial charge in [-0.3, -0.25) is 14.9 Å². The van der Waals surface area contributed by atoms with Crippen LogP contribution in [0.25, 0.3) is 0 Å². The standard InChI is InChI=1S/C21H20ClNO6/c1-2-27-21(24)15-10-16(23(25)26)20(19(15)12-3-6-14(22)7-4-12)13-5-8-17-18(9-13)29-11-28-17/h3-9,15-16,19-20H,2,10-11H2,1H3/t15-,16-,19+,20+/m0/s1. The van der Waals surface area contributed by atoms with Gasteiger partial charge in [0, 0.05) is 22.3 Å². The van der Waals surface area contributed by atoms with Crippen LogP contribution in [0.3, 0.4) is 0 Å². The number of ether oxygens (including phenoxy) is 3. The molecule has 1 aliphatic carbocycles. The van der Waals surface area contributed by atoms with Gasteiger partial charge in [0.25, 0.3) is 0 Å². The number of benzene rings is 2. The monoisotopic (exact) mass is 417 g/mol. The lowest BCUT2D eigenvalue weighted by molar-refractivity contribution is -0.524. The molecule has 29 heavy (non-hydrogen) atoms. The van der Waals surface area contributed by atoms with Gasteiger partial charge in [-0.1, -0.05) is 29.8 Å². The summed E-state index contributed by atoms with van der Waals surface area (Å²) in [7, 11) is 0. The van der Waals surface area contributed by atoms with E-state index in [1.807, 2.05) is 18.2 Å². The molecule has 0 bridgehead atoms. The number of rotatable bonds is 5. The molecule has 1 aliphatic heterocycles. The molecule has 0 N–H and O–H groups in total. The second-order valence-corrected chi connectivity index (χ2v) is 7.60. The molecule has 0 aromatic heterocycles. The molecule has 0 spiro atoms. The average Bonchev–Trinajstić information content (AvgIpc) is 3.33. The van der Waals surface area contributed by atoms with E-state index in [2.05, 4.69) is 0 Å². The van der Waals surface area contributed by atoms with Crippen LogP contribution in [0, 0.1) is 16.0 Å². The molecule has 2 aromatic carbocycles. The molecule has 152 valence electrons. The molecule has 0 unspecified atom stereocenters. The maximum absolute atomic E-state index is 12.7. The molecule has 0 radical (unpaired) electrons. The van der Waals surface area contributed by atoms with Gasteiger partial charge in [0.2, 0.25) is 12.8 Å². The molecule has 4 rings (SSSR count). The molecule has 1 saturated carbocycles. The number of nitrogens with zero attached hydrogens (tertiary/aromatic N) is 1. The minimum Gasteiger partial charge on any atom is -0.466 e. The van der Waals surface area contributed by atoms with Crippen molar-refractivity contribution in [2.75, 3.05) is 13.4 Å². The zero-order chi connectivity index (χ0) is 20.5. The largest absolute Gasteiger partial charge is 0.466 e. The van der Waals surface area contributed by atoms with Crippen LogP contribution in [0.4, 0.5) is 0 Å². The SMILES string of the molecule is CCOC(=O)[C@H]1C[C@H]([N+](=O)[O-])[C@@H](c2ccc3c(c2)OCO3)[C@@H]1c1ccc(Cl)cc1. The van der Waals surface area contributed by atoms with Crippen molar-refractivity contribution < 1.29 is 23.9 Å². The maximum Gasteiger partial charge on any atom is 0.309 e. The summed E-state index contributed by atoms with van der Waals surface area (Å²) in [6.45, 7) is 2.07. The first-order chi connectivity index (χ1) is 14.0. The van der Waals surface area contributed by atoms with E-state index in [9.17, 15) is 14.9 Å². The molecule has 1 heterocycles. The Morgan fingerprint density at radius 1 is 1.14 bits per heavy atom. The van der Waals surface area contributed by atoms with Crippen molar-refractivity contribution in [1.29, 1.82) is 0 Å². The van der Waals surface area contributed by atoms with Gasteiger partial charge in [-0.05, 0) is 42.3 Å². The van der Waals surface area contributed by atoms with Gasteiger partial charge in [-0.15, -0.1) is 0 Å². The Morgan fingerprint density at radius 2 is 1.83 bits per heavy atom. The van der Waals surface area contributed by atoms with Crippen molar-refractivity contribution in [2.24, 2.45) is 5.92 Å². The van der Waals surface area contributed by atoms with Crippen molar-refractivity contribution in [3.8, 4) is 11.5 Å². The highest BCUT2D eigenvalue weighted by atomic mass is 35.5. The molecule has 0 saturated heterocycles. The second-order valence-electron chi connectivity index (χ2n) is 7.16. The number of fused-ring (bicyclic) bond motifs is 1. The highest BCUT2D eigenvalue weighted by Crippen LogP contribution is 2.52. The molecule has 0 amide bonds. The number of hydrogen-bond acceptors (Lipinski definition) is 6. The van der Waals surface area contributed by atoms with Crippen LogP contribution in [0.5, 0.6) is 11.5 Å². The van der Waals surface area contributed by atoms with Gasteiger partial charge in [-0.25, -0.2) is 0 Å². The maximum atomic E-state index is 12.7. The van der Waals surface area contributed by atoms with Gasteiger partial charge in [0.1, 0.15) is 0 Å². The number of carbonyl (C=O) groups is 1. The van der Waals surface area contributed by atoms with Crippen LogP contribution in [0.1, 0.15) is 36.3 Å². The fourth-order valence-electron chi connectivity index (χ4n) is 4.43. The number of halogens is 1. The van der Waals surface area contributed by atoms with Gasteiger partial charge in [0.05, 0.1) is 18.4 Å². The molecular formula is C21H20ClNO6. The van der Waals surface area contributed by atoms with Crippen molar-refractivity contribution in [3.63, 3.8) is 0 Å². The number of hydrogen-bond donors (Lipinski definition) is 0. The van der Waals surface area contributed by atoms with E-state index < -0.39 is 29.8 Å². The molecule has 2 aromatic rings. The van der Waals surface area contributed by atoms with Crippen molar-refractivity contribution in [1.82, 2.24) is 0 Å². The Bertz CT molecular complexity index is 931. The van der Waals surface area contributed by atoms with Crippen molar-refractivity contribution >= 4 is 17.6 Å². The number of nitro groups is 1. The molecule has 4 atom stereocenters. The van der Waals surface area contributed by atoms with Crippen LogP contribution in [-0.2, 0) is 9.53 Å². The molecule has 1 fully saturated rings. The first-order valence-corrected chi connectivity index (χ1v) is 9.82. The Balaban J connectivity index is 1.81. The van der Waals surface area contributed by atoms with E-state index in [4.69, 9.17) is 25.8 Å². The summed E-state index contributed by atoms with van der Waals surface area (Å²) in [5.74, 6) is -0.810. The van der Waals surface area contributed by atoms with Crippen LogP contribution in [0.15, 0.2) is 42.5 Å². The molecule has 2 aliphatic rings. The molecule has 7 nitrogen and oxygen atoms in total. The Kier molecular flexibility index (Phi) is 5.32. The topological polar surface area (TPSA) is 87.9 Å². The highest BCUT2D eigenvalue weighted by molar-refractivity contribution is 6.30. The van der Waals surface area contributed by atoms with E-state index in [1.54, 1.807) is 31.2 Å². The third kappa shape index (κ3) is 3.62. The van der Waals surface area contributed by atoms with Gasteiger partial charge >= 0.3 is 5.97 Å². The van der Waals surface area contributed by atoms with Crippen molar-refractivity contribution in [3.05, 3.63) is 68.7 Å². The summed E-state index contributed by atoms with van der Waals surface area (Å²) in [4.78, 5) is 24.4. The van der Waals surface area contributed by atoms with Crippen LogP contribution >= 0.6 is 11.6 Å². The number of esters is 1. The van der Waals surface area contributed by atoms with E-state index in [0.717, 1.165) is 11.1 Å². The fraction of sp³-hybridized carbons (Fsp3) is 0.381. The zero-order valence-electron chi connectivity index (χ0n) is 15.7. The van der Waals surface area contributed by atoms with Crippen molar-refractivity contribution in [2.45, 2.75) is 31.2 Å². The van der Waals surface area contributed by atoms with E-state index >= 15 is 0 Å². The summed E-state index contributed by atoms with van der Waals surface area (Å²) in [5.41, 5.74) is 1.56. The smallest absolute Gasteiger partial charge is 0.309 e. The number of carbonyl (C=O) groups excluding carboxylic acids is 1. The van der Waals surface area contributed by atoms with Crippen LogP contribution in [0.2, 0.25) is 5.02 Å². The molecule has 8 heteroatoms. The minimum absolute atomic E-state index is 0.109. The average molecular weight is 418 g/mol. The normalized spacial score (nSPS) is 25.0. The van der Waals surface area contributed by atoms with E-state index in [1.165, 1.54) is 0 Å². The Hall–Kier alpha value is -2.80. The van der Waals surface area contributed by atoms with Gasteiger partial charge in [0.15, 0.2) is 11.5 Å². The van der Waals surface area contributed by atoms with Crippen LogP contribution in [-0.4, -0.2) is 30.3 Å². The van der Waals surface area contributed by atoms with Gasteiger partial charge in [-0.2, -0.15) is 0 Å². The Morgan fingerprint density at radius 3 is 2.52 bits per heavy atom. The van der Waals surface area contributed by atoms with E-state index in [0.29, 0.717) is 16.5 Å². The summed E-state index contributed by atoms with van der Waals surface area (Å²) in [6, 6.07) is 11.5. The quantitative estimate of drug-likeness (QED) is 0.412. The van der Waals surface area contributed by atoms with Crippen LogP contribution < -0.4 is 9.47 Å². The summed E-state index contributed by atoms with van der Waals surface area (Å²) >= 11 is 6.03. The first kappa shape index (κ1) is 19.5. The zero-order valence-corrected chi connectivity index (χ0v) is 16.5. The molecular weight excluding hydrogens is 398 g/mol. The first-order valence-electron chi connectivity index (χ1n) is 9.44. The predicted molar refractivity (Wildman–Crippen MR) is 105 cm³/mol. The Labute approximate surface area is 172 Å². The lowest BCUT2D eigenvalue weighted by atomic mass is 9.79. The summed E-state index contributed by atoms with van der Waals surface area (Å²) in [5, 5.41) is 12.5. The van der Waals surface area contributed by atoms with Gasteiger partial charge < -0.3 is 14.2 Å². The highest BCUT2D eigenvalue weighted by Gasteiger charge is 2.54. The lowest BCUT2D eigenvalue weighted by Crippen LogP contribution is -2.25. The third-order valence-electron chi connectivity index (χ3n) is 5.63. The van der Waals surface area contributed by atoms with E-state index in [-0.39, 0.29) is 24.7 Å². The minimum atomic E-state index is -0.926. The predicted octanol–water partition coefficient (Wildman–Crippen LogP) is 4.16. The third-order valence-corrected chi connectivity index (χ3v) is 5.88.